The number of nitrogens with one attached hydrogen (secondary N) is 1. The van der Waals surface area contributed by atoms with Gasteiger partial charge >= 0.3 is 0 Å². The molecule has 1 amide bonds. The van der Waals surface area contributed by atoms with Gasteiger partial charge in [0.15, 0.2) is 11.5 Å². The lowest BCUT2D eigenvalue weighted by molar-refractivity contribution is -0.384. The van der Waals surface area contributed by atoms with Crippen molar-refractivity contribution in [2.75, 3.05) is 26.2 Å². The zero-order chi connectivity index (χ0) is 20.3. The molecule has 1 aliphatic carbocycles. The lowest BCUT2D eigenvalue weighted by Crippen LogP contribution is -2.25. The maximum Gasteiger partial charge on any atom is 0.293 e. The Kier molecular flexibility index (Phi) is 5.67. The van der Waals surface area contributed by atoms with Gasteiger partial charge in [-0.2, -0.15) is 0 Å². The zero-order valence-electron chi connectivity index (χ0n) is 16.1. The minimum atomic E-state index is -0.464. The second-order valence-corrected chi connectivity index (χ2v) is 6.75. The molecule has 2 aromatic rings. The van der Waals surface area contributed by atoms with E-state index in [4.69, 9.17) is 9.47 Å². The van der Waals surface area contributed by atoms with Gasteiger partial charge in [-0.15, -0.1) is 0 Å². The molecule has 1 saturated carbocycles. The van der Waals surface area contributed by atoms with Gasteiger partial charge in [0.25, 0.3) is 11.6 Å². The molecule has 28 heavy (non-hydrogen) atoms. The molecular formula is C20H23N3O5. The van der Waals surface area contributed by atoms with E-state index in [0.717, 1.165) is 18.4 Å². The number of ether oxygens (including phenoxy) is 2. The molecule has 148 valence electrons. The predicted molar refractivity (Wildman–Crippen MR) is 105 cm³/mol. The number of rotatable bonds is 8. The Labute approximate surface area is 163 Å². The van der Waals surface area contributed by atoms with Gasteiger partial charge in [0, 0.05) is 31.3 Å². The molecule has 0 aromatic heterocycles. The Morgan fingerprint density at radius 1 is 1.18 bits per heavy atom. The summed E-state index contributed by atoms with van der Waals surface area (Å²) in [5.74, 6) is 0.931. The SMILES string of the molecule is COc1ccc(CN(C)c2ccc(C(=O)NC3CC3)cc2[N+](=O)[O-])cc1OC. The van der Waals surface area contributed by atoms with Crippen molar-refractivity contribution < 1.29 is 19.2 Å². The van der Waals surface area contributed by atoms with Crippen LogP contribution in [0.4, 0.5) is 11.4 Å². The summed E-state index contributed by atoms with van der Waals surface area (Å²) in [6.07, 6.45) is 1.92. The molecule has 1 fully saturated rings. The number of benzene rings is 2. The Hall–Kier alpha value is -3.29. The molecule has 0 atom stereocenters. The molecular weight excluding hydrogens is 362 g/mol. The van der Waals surface area contributed by atoms with Gasteiger partial charge in [0.05, 0.1) is 19.1 Å². The van der Waals surface area contributed by atoms with Crippen LogP contribution in [0.3, 0.4) is 0 Å². The number of hydrogen-bond donors (Lipinski definition) is 1. The van der Waals surface area contributed by atoms with E-state index in [1.807, 2.05) is 12.1 Å². The highest BCUT2D eigenvalue weighted by atomic mass is 16.6. The van der Waals surface area contributed by atoms with Crippen LogP contribution in [0.25, 0.3) is 0 Å². The first-order valence-electron chi connectivity index (χ1n) is 8.94. The second-order valence-electron chi connectivity index (χ2n) is 6.75. The molecule has 8 nitrogen and oxygen atoms in total. The number of hydrogen-bond acceptors (Lipinski definition) is 6. The molecule has 0 bridgehead atoms. The summed E-state index contributed by atoms with van der Waals surface area (Å²) in [6, 6.07) is 10.3. The third-order valence-corrected chi connectivity index (χ3v) is 4.63. The first kappa shape index (κ1) is 19.5. The van der Waals surface area contributed by atoms with Crippen molar-refractivity contribution in [1.82, 2.24) is 5.32 Å². The molecule has 0 radical (unpaired) electrons. The maximum absolute atomic E-state index is 12.2. The van der Waals surface area contributed by atoms with Crippen LogP contribution >= 0.6 is 0 Å². The van der Waals surface area contributed by atoms with Crippen molar-refractivity contribution in [3.8, 4) is 11.5 Å². The molecule has 8 heteroatoms. The number of nitro benzene ring substituents is 1. The fourth-order valence-electron chi connectivity index (χ4n) is 2.97. The first-order valence-corrected chi connectivity index (χ1v) is 8.94. The van der Waals surface area contributed by atoms with Crippen LogP contribution in [0.15, 0.2) is 36.4 Å². The molecule has 3 rings (SSSR count). The van der Waals surface area contributed by atoms with Crippen molar-refractivity contribution in [2.24, 2.45) is 0 Å². The maximum atomic E-state index is 12.2. The Morgan fingerprint density at radius 3 is 2.50 bits per heavy atom. The van der Waals surface area contributed by atoms with Crippen molar-refractivity contribution in [2.45, 2.75) is 25.4 Å². The zero-order valence-corrected chi connectivity index (χ0v) is 16.1. The summed E-state index contributed by atoms with van der Waals surface area (Å²) in [4.78, 5) is 25.1. The summed E-state index contributed by atoms with van der Waals surface area (Å²) >= 11 is 0. The number of amides is 1. The molecule has 1 N–H and O–H groups in total. The average Bonchev–Trinajstić information content (AvgIpc) is 3.51. The summed E-state index contributed by atoms with van der Waals surface area (Å²) in [5, 5.41) is 14.4. The quantitative estimate of drug-likeness (QED) is 0.554. The number of carbonyl (C=O) groups excluding carboxylic acids is 1. The van der Waals surface area contributed by atoms with E-state index in [1.54, 1.807) is 44.4 Å². The lowest BCUT2D eigenvalue weighted by Gasteiger charge is -2.20. The molecule has 0 aliphatic heterocycles. The standard InChI is InChI=1S/C20H23N3O5/c1-22(12-13-4-9-18(27-2)19(10-13)28-3)16-8-5-14(11-17(16)23(25)26)20(24)21-15-6-7-15/h4-5,8-11,15H,6-7,12H2,1-3H3,(H,21,24). The largest absolute Gasteiger partial charge is 0.493 e. The fraction of sp³-hybridized carbons (Fsp3) is 0.350. The Bertz CT molecular complexity index is 895. The highest BCUT2D eigenvalue weighted by Crippen LogP contribution is 2.32. The van der Waals surface area contributed by atoms with Gasteiger partial charge in [-0.25, -0.2) is 0 Å². The molecule has 0 spiro atoms. The summed E-state index contributed by atoms with van der Waals surface area (Å²) in [7, 11) is 4.89. The summed E-state index contributed by atoms with van der Waals surface area (Å²) in [6.45, 7) is 0.425. The first-order chi connectivity index (χ1) is 13.4. The monoisotopic (exact) mass is 385 g/mol. The van der Waals surface area contributed by atoms with Gasteiger partial charge in [-0.05, 0) is 42.7 Å². The smallest absolute Gasteiger partial charge is 0.293 e. The lowest BCUT2D eigenvalue weighted by atomic mass is 10.1. The third kappa shape index (κ3) is 4.33. The number of carbonyl (C=O) groups is 1. The minimum Gasteiger partial charge on any atom is -0.493 e. The molecule has 2 aromatic carbocycles. The van der Waals surface area contributed by atoms with E-state index < -0.39 is 4.92 Å². The van der Waals surface area contributed by atoms with E-state index >= 15 is 0 Å². The van der Waals surface area contributed by atoms with Gasteiger partial charge in [0.2, 0.25) is 0 Å². The summed E-state index contributed by atoms with van der Waals surface area (Å²) < 4.78 is 10.5. The van der Waals surface area contributed by atoms with E-state index in [2.05, 4.69) is 5.32 Å². The minimum absolute atomic E-state index is 0.105. The number of nitro groups is 1. The summed E-state index contributed by atoms with van der Waals surface area (Å²) in [5.41, 5.74) is 1.53. The normalized spacial score (nSPS) is 13.0. The van der Waals surface area contributed by atoms with Gasteiger partial charge in [0.1, 0.15) is 5.69 Å². The third-order valence-electron chi connectivity index (χ3n) is 4.63. The van der Waals surface area contributed by atoms with E-state index in [9.17, 15) is 14.9 Å². The highest BCUT2D eigenvalue weighted by molar-refractivity contribution is 5.96. The van der Waals surface area contributed by atoms with E-state index in [-0.39, 0.29) is 17.6 Å². The second kappa shape index (κ2) is 8.16. The van der Waals surface area contributed by atoms with Crippen molar-refractivity contribution in [3.63, 3.8) is 0 Å². The highest BCUT2D eigenvalue weighted by Gasteiger charge is 2.26. The number of nitrogens with zero attached hydrogens (tertiary/aromatic N) is 2. The van der Waals surface area contributed by atoms with Crippen LogP contribution in [-0.2, 0) is 6.54 Å². The van der Waals surface area contributed by atoms with E-state index in [0.29, 0.717) is 29.3 Å². The average molecular weight is 385 g/mol. The molecule has 1 aliphatic rings. The molecule has 0 heterocycles. The Balaban J connectivity index is 1.83. The van der Waals surface area contributed by atoms with Crippen molar-refractivity contribution in [3.05, 3.63) is 57.6 Å². The molecule has 0 unspecified atom stereocenters. The fourth-order valence-corrected chi connectivity index (χ4v) is 2.97. The van der Waals surface area contributed by atoms with E-state index in [1.165, 1.54) is 6.07 Å². The van der Waals surface area contributed by atoms with Gasteiger partial charge < -0.3 is 19.7 Å². The number of methoxy groups -OCH3 is 2. The van der Waals surface area contributed by atoms with Crippen LogP contribution in [0, 0.1) is 10.1 Å². The topological polar surface area (TPSA) is 93.9 Å². The van der Waals surface area contributed by atoms with Gasteiger partial charge in [-0.1, -0.05) is 6.07 Å². The predicted octanol–water partition coefficient (Wildman–Crippen LogP) is 3.14. The van der Waals surface area contributed by atoms with Crippen LogP contribution in [0.2, 0.25) is 0 Å². The van der Waals surface area contributed by atoms with Crippen LogP contribution in [-0.4, -0.2) is 38.1 Å². The van der Waals surface area contributed by atoms with Gasteiger partial charge in [-0.3, -0.25) is 14.9 Å². The van der Waals surface area contributed by atoms with Crippen LogP contribution in [0.1, 0.15) is 28.8 Å². The van der Waals surface area contributed by atoms with Crippen LogP contribution < -0.4 is 19.7 Å². The Morgan fingerprint density at radius 2 is 1.89 bits per heavy atom. The van der Waals surface area contributed by atoms with Crippen LogP contribution in [0.5, 0.6) is 11.5 Å². The van der Waals surface area contributed by atoms with Crippen molar-refractivity contribution >= 4 is 17.3 Å². The number of anilines is 1. The van der Waals surface area contributed by atoms with Crippen molar-refractivity contribution in [1.29, 1.82) is 0 Å². The molecule has 0 saturated heterocycles.